The Morgan fingerprint density at radius 3 is 2.26 bits per heavy atom. The van der Waals surface area contributed by atoms with Crippen molar-refractivity contribution in [3.8, 4) is 17.3 Å². The van der Waals surface area contributed by atoms with Crippen LogP contribution >= 0.6 is 0 Å². The van der Waals surface area contributed by atoms with Gasteiger partial charge >= 0.3 is 0 Å². The Labute approximate surface area is 288 Å². The van der Waals surface area contributed by atoms with Gasteiger partial charge in [0.15, 0.2) is 0 Å². The summed E-state index contributed by atoms with van der Waals surface area (Å²) in [5.41, 5.74) is 5.45. The van der Waals surface area contributed by atoms with Crippen LogP contribution in [0, 0.1) is 18.8 Å². The second kappa shape index (κ2) is 11.8. The molecule has 6 heteroatoms. The van der Waals surface area contributed by atoms with Gasteiger partial charge < -0.3 is 19.1 Å². The minimum atomic E-state index is -0.523. The summed E-state index contributed by atoms with van der Waals surface area (Å²) in [6.07, 6.45) is -0.165. The largest absolute Gasteiger partial charge is 0.509 e. The Morgan fingerprint density at radius 1 is 0.739 bits per heavy atom. The fraction of sp³-hybridized carbons (Fsp3) is 0.100. The van der Waals surface area contributed by atoms with Crippen LogP contribution in [0.5, 0.6) is 11.5 Å². The third-order valence-corrected chi connectivity index (χ3v) is 8.00. The molecule has 3 heterocycles. The summed E-state index contributed by atoms with van der Waals surface area (Å²) in [7, 11) is 0. The van der Waals surface area contributed by atoms with E-state index in [2.05, 4.69) is 57.9 Å². The van der Waals surface area contributed by atoms with E-state index in [1.807, 2.05) is 110 Å². The molecule has 230 valence electrons. The zero-order valence-electron chi connectivity index (χ0n) is 28.5. The van der Waals surface area contributed by atoms with Gasteiger partial charge in [0.2, 0.25) is 0 Å². The van der Waals surface area contributed by atoms with E-state index in [1.165, 1.54) is 0 Å². The van der Waals surface area contributed by atoms with Crippen molar-refractivity contribution in [1.82, 2.24) is 9.55 Å². The van der Waals surface area contributed by atoms with E-state index < -0.39 is 5.41 Å². The first-order chi connectivity index (χ1) is 23.2. The number of hydrogen-bond donors (Lipinski definition) is 0. The minimum Gasteiger partial charge on any atom is -0.509 e. The average Bonchev–Trinajstić information content (AvgIpc) is 3.63. The standard InChI is InChI=1S/C40H31N4O.Pt/c1-40(2,3)28-22-23-41-39(24-28)44-35-17-8-7-16-33(35)34-21-20-32(26-38(34)44)45-31-15-11-14-30(25-31)43-27-42(29-12-5-4-6-13-29)36-18-9-10-19-37(36)43;/h4-24,27H,1-3H3;/q-3;/i22D,23D,24D;. The number of para-hydroxylation sites is 4. The van der Waals surface area contributed by atoms with Crippen molar-refractivity contribution in [1.29, 1.82) is 0 Å². The molecule has 0 N–H and O–H groups in total. The molecule has 0 aliphatic carbocycles. The molecular formula is C40H31N4OPt-3. The van der Waals surface area contributed by atoms with Crippen molar-refractivity contribution in [3.63, 3.8) is 0 Å². The maximum Gasteiger partial charge on any atom is 0.135 e. The Hall–Kier alpha value is -4.86. The predicted molar refractivity (Wildman–Crippen MR) is 183 cm³/mol. The SMILES string of the molecule is [2H]c1nc(-n2c3[c-]c(Oc4[c-]c(N5[CH-]N(c6ccccc6)c6ccccc65)ccc4)ccc3c3ccccc32)c([2H])c(C(C)(C)C)c1[2H].[Pt]. The van der Waals surface area contributed by atoms with Crippen molar-refractivity contribution < 1.29 is 29.9 Å². The Kier molecular flexibility index (Phi) is 6.77. The van der Waals surface area contributed by atoms with E-state index in [-0.39, 0.29) is 39.3 Å². The van der Waals surface area contributed by atoms with Gasteiger partial charge in [0.25, 0.3) is 0 Å². The van der Waals surface area contributed by atoms with Crippen LogP contribution in [0.3, 0.4) is 0 Å². The zero-order valence-corrected chi connectivity index (χ0v) is 27.8. The summed E-state index contributed by atoms with van der Waals surface area (Å²) in [6.45, 7) is 7.92. The van der Waals surface area contributed by atoms with Crippen LogP contribution in [0.4, 0.5) is 22.7 Å². The second-order valence-electron chi connectivity index (χ2n) is 12.0. The summed E-state index contributed by atoms with van der Waals surface area (Å²) in [4.78, 5) is 8.74. The summed E-state index contributed by atoms with van der Waals surface area (Å²) in [5.74, 6) is 1.29. The number of pyridine rings is 1. The van der Waals surface area contributed by atoms with Crippen LogP contribution in [-0.4, -0.2) is 9.55 Å². The molecule has 0 bridgehead atoms. The molecule has 1 aliphatic heterocycles. The van der Waals surface area contributed by atoms with Crippen molar-refractivity contribution in [2.24, 2.45) is 0 Å². The van der Waals surface area contributed by atoms with Gasteiger partial charge in [-0.25, -0.2) is 4.98 Å². The molecule has 2 aromatic heterocycles. The smallest absolute Gasteiger partial charge is 0.135 e. The number of nitrogens with zero attached hydrogens (tertiary/aromatic N) is 4. The monoisotopic (exact) mass is 781 g/mol. The molecule has 46 heavy (non-hydrogen) atoms. The second-order valence-corrected chi connectivity index (χ2v) is 12.0. The summed E-state index contributed by atoms with van der Waals surface area (Å²) >= 11 is 0. The first kappa shape index (κ1) is 26.4. The van der Waals surface area contributed by atoms with Gasteiger partial charge in [0.05, 0.1) is 4.11 Å². The van der Waals surface area contributed by atoms with Gasteiger partial charge in [0, 0.05) is 61.3 Å². The number of aromatic nitrogens is 2. The van der Waals surface area contributed by atoms with Crippen LogP contribution in [-0.2, 0) is 26.5 Å². The summed E-state index contributed by atoms with van der Waals surface area (Å²) in [5, 5.41) is 1.88. The normalized spacial score (nSPS) is 13.7. The van der Waals surface area contributed by atoms with Crippen LogP contribution in [0.2, 0.25) is 0 Å². The third kappa shape index (κ3) is 5.25. The van der Waals surface area contributed by atoms with E-state index in [0.717, 1.165) is 39.0 Å². The topological polar surface area (TPSA) is 33.5 Å². The molecule has 0 spiro atoms. The van der Waals surface area contributed by atoms with Gasteiger partial charge in [-0.05, 0) is 58.8 Å². The maximum absolute atomic E-state index is 9.18. The van der Waals surface area contributed by atoms with Gasteiger partial charge in [-0.2, -0.15) is 12.1 Å². The van der Waals surface area contributed by atoms with E-state index in [4.69, 9.17) is 7.48 Å². The molecule has 7 aromatic rings. The molecule has 5 nitrogen and oxygen atoms in total. The van der Waals surface area contributed by atoms with E-state index in [9.17, 15) is 1.37 Å². The number of ether oxygens (including phenoxy) is 1. The molecule has 0 radical (unpaired) electrons. The number of fused-ring (bicyclic) bond motifs is 4. The summed E-state index contributed by atoms with van der Waals surface area (Å²) < 4.78 is 34.5. The van der Waals surface area contributed by atoms with Crippen LogP contribution in [0.15, 0.2) is 127 Å². The van der Waals surface area contributed by atoms with Gasteiger partial charge in [0.1, 0.15) is 5.82 Å². The zero-order chi connectivity index (χ0) is 33.2. The minimum absolute atomic E-state index is 0. The quantitative estimate of drug-likeness (QED) is 0.163. The van der Waals surface area contributed by atoms with Gasteiger partial charge in [-0.1, -0.05) is 74.8 Å². The van der Waals surface area contributed by atoms with Crippen molar-refractivity contribution in [2.45, 2.75) is 26.2 Å². The van der Waals surface area contributed by atoms with Crippen LogP contribution in [0.1, 0.15) is 30.4 Å². The number of hydrogen-bond acceptors (Lipinski definition) is 4. The molecule has 0 amide bonds. The molecule has 5 aromatic carbocycles. The number of rotatable bonds is 5. The molecule has 1 aliphatic rings. The van der Waals surface area contributed by atoms with Crippen LogP contribution in [0.25, 0.3) is 27.6 Å². The van der Waals surface area contributed by atoms with E-state index in [1.54, 1.807) is 0 Å². The van der Waals surface area contributed by atoms with Crippen molar-refractivity contribution in [3.05, 3.63) is 152 Å². The first-order valence-corrected chi connectivity index (χ1v) is 14.9. The van der Waals surface area contributed by atoms with E-state index >= 15 is 0 Å². The predicted octanol–water partition coefficient (Wildman–Crippen LogP) is 10.3. The number of benzene rings is 5. The Bertz CT molecular complexity index is 2350. The molecule has 0 saturated heterocycles. The van der Waals surface area contributed by atoms with E-state index in [0.29, 0.717) is 28.4 Å². The molecule has 8 rings (SSSR count). The molecular weight excluding hydrogens is 748 g/mol. The van der Waals surface area contributed by atoms with Crippen LogP contribution < -0.4 is 14.5 Å². The van der Waals surface area contributed by atoms with Crippen molar-refractivity contribution >= 4 is 44.6 Å². The van der Waals surface area contributed by atoms with Crippen molar-refractivity contribution in [2.75, 3.05) is 9.80 Å². The summed E-state index contributed by atoms with van der Waals surface area (Å²) in [6, 6.07) is 43.1. The molecule has 0 unspecified atom stereocenters. The average molecular weight is 782 g/mol. The Morgan fingerprint density at radius 2 is 1.46 bits per heavy atom. The Balaban J connectivity index is 0.00000378. The fourth-order valence-corrected chi connectivity index (χ4v) is 5.79. The fourth-order valence-electron chi connectivity index (χ4n) is 5.79. The maximum atomic E-state index is 9.18. The first-order valence-electron chi connectivity index (χ1n) is 16.4. The molecule has 0 saturated carbocycles. The molecule has 0 atom stereocenters. The van der Waals surface area contributed by atoms with Gasteiger partial charge in [-0.15, -0.1) is 48.1 Å². The number of anilines is 4. The van der Waals surface area contributed by atoms with Gasteiger partial charge in [-0.3, -0.25) is 0 Å². The molecule has 0 fully saturated rings. The third-order valence-electron chi connectivity index (χ3n) is 8.00.